The van der Waals surface area contributed by atoms with Gasteiger partial charge in [-0.15, -0.1) is 6.58 Å². The Labute approximate surface area is 179 Å². The van der Waals surface area contributed by atoms with Crippen LogP contribution in [0.25, 0.3) is 0 Å². The minimum absolute atomic E-state index is 0.0600. The number of hydrogen-bond donors (Lipinski definition) is 0. The quantitative estimate of drug-likeness (QED) is 0.451. The SMILES string of the molecule is C=CCC1(C)c2ccccc2N2c3cccnc3N(c3ccccc3C)C2C1(C)C. The summed E-state index contributed by atoms with van der Waals surface area (Å²) >= 11 is 0. The number of hydrogen-bond acceptors (Lipinski definition) is 3. The minimum atomic E-state index is -0.0848. The van der Waals surface area contributed by atoms with E-state index in [4.69, 9.17) is 4.98 Å². The molecule has 152 valence electrons. The van der Waals surface area contributed by atoms with Crippen molar-refractivity contribution < 1.29 is 0 Å². The topological polar surface area (TPSA) is 19.4 Å². The van der Waals surface area contributed by atoms with Gasteiger partial charge in [0.15, 0.2) is 5.82 Å². The zero-order valence-electron chi connectivity index (χ0n) is 18.3. The number of pyridine rings is 1. The van der Waals surface area contributed by atoms with E-state index in [0.717, 1.165) is 12.2 Å². The fourth-order valence-corrected chi connectivity index (χ4v) is 5.56. The van der Waals surface area contributed by atoms with E-state index >= 15 is 0 Å². The normalized spacial score (nSPS) is 23.5. The second-order valence-electron chi connectivity index (χ2n) is 9.31. The molecule has 0 amide bonds. The standard InChI is InChI=1S/C27H29N3/c1-6-17-27(5)20-13-8-10-15-22(20)29-23-16-11-18-28-24(23)30(25(29)26(27,3)4)21-14-9-7-12-19(21)2/h6-16,18,25H,1,17H2,2-5H3. The van der Waals surface area contributed by atoms with E-state index in [-0.39, 0.29) is 17.0 Å². The molecule has 2 unspecified atom stereocenters. The van der Waals surface area contributed by atoms with Crippen molar-refractivity contribution in [3.8, 4) is 0 Å². The average Bonchev–Trinajstić information content (AvgIpc) is 3.09. The Kier molecular flexibility index (Phi) is 4.08. The van der Waals surface area contributed by atoms with Crippen LogP contribution in [0.3, 0.4) is 0 Å². The van der Waals surface area contributed by atoms with E-state index in [9.17, 15) is 0 Å². The van der Waals surface area contributed by atoms with Gasteiger partial charge in [-0.05, 0) is 48.7 Å². The summed E-state index contributed by atoms with van der Waals surface area (Å²) in [5, 5.41) is 0. The molecule has 0 radical (unpaired) electrons. The molecule has 30 heavy (non-hydrogen) atoms. The lowest BCUT2D eigenvalue weighted by molar-refractivity contribution is 0.131. The monoisotopic (exact) mass is 395 g/mol. The molecular weight excluding hydrogens is 366 g/mol. The molecule has 0 bridgehead atoms. The second-order valence-corrected chi connectivity index (χ2v) is 9.31. The summed E-state index contributed by atoms with van der Waals surface area (Å²) in [6, 6.07) is 21.8. The molecule has 2 aromatic carbocycles. The highest BCUT2D eigenvalue weighted by molar-refractivity contribution is 5.89. The number of aryl methyl sites for hydroxylation is 1. The van der Waals surface area contributed by atoms with Crippen molar-refractivity contribution in [1.82, 2.24) is 4.98 Å². The Hall–Kier alpha value is -3.07. The maximum Gasteiger partial charge on any atom is 0.158 e. The zero-order chi connectivity index (χ0) is 21.1. The van der Waals surface area contributed by atoms with Crippen molar-refractivity contribution in [2.75, 3.05) is 9.80 Å². The van der Waals surface area contributed by atoms with Crippen molar-refractivity contribution in [3.05, 3.63) is 90.6 Å². The van der Waals surface area contributed by atoms with Gasteiger partial charge >= 0.3 is 0 Å². The number of para-hydroxylation sites is 2. The number of allylic oxidation sites excluding steroid dienone is 1. The van der Waals surface area contributed by atoms with Crippen molar-refractivity contribution in [2.24, 2.45) is 5.41 Å². The average molecular weight is 396 g/mol. The first-order valence-corrected chi connectivity index (χ1v) is 10.7. The first kappa shape index (κ1) is 18.9. The molecule has 0 fully saturated rings. The smallest absolute Gasteiger partial charge is 0.158 e. The summed E-state index contributed by atoms with van der Waals surface area (Å²) < 4.78 is 0. The Bertz CT molecular complexity index is 1130. The van der Waals surface area contributed by atoms with Crippen LogP contribution in [0.4, 0.5) is 22.9 Å². The molecular formula is C27H29N3. The third-order valence-electron chi connectivity index (χ3n) is 7.50. The molecule has 0 saturated carbocycles. The van der Waals surface area contributed by atoms with Gasteiger partial charge in [0.1, 0.15) is 6.17 Å². The van der Waals surface area contributed by atoms with Gasteiger partial charge in [0.2, 0.25) is 0 Å². The van der Waals surface area contributed by atoms with Crippen LogP contribution in [0.15, 0.2) is 79.5 Å². The van der Waals surface area contributed by atoms with Crippen molar-refractivity contribution in [3.63, 3.8) is 0 Å². The van der Waals surface area contributed by atoms with E-state index in [1.165, 1.54) is 28.2 Å². The number of aromatic nitrogens is 1. The third-order valence-corrected chi connectivity index (χ3v) is 7.50. The van der Waals surface area contributed by atoms with Gasteiger partial charge in [0, 0.05) is 28.4 Å². The van der Waals surface area contributed by atoms with E-state index < -0.39 is 0 Å². The Balaban J connectivity index is 1.85. The lowest BCUT2D eigenvalue weighted by atomic mass is 9.57. The highest BCUT2D eigenvalue weighted by Gasteiger charge is 2.59. The number of rotatable bonds is 3. The summed E-state index contributed by atoms with van der Waals surface area (Å²) in [5.74, 6) is 1.03. The lowest BCUT2D eigenvalue weighted by Crippen LogP contribution is -2.61. The molecule has 0 spiro atoms. The van der Waals surface area contributed by atoms with Gasteiger partial charge in [-0.3, -0.25) is 0 Å². The lowest BCUT2D eigenvalue weighted by Gasteiger charge is -2.57. The fourth-order valence-electron chi connectivity index (χ4n) is 5.56. The molecule has 3 nitrogen and oxygen atoms in total. The van der Waals surface area contributed by atoms with Crippen LogP contribution in [-0.4, -0.2) is 11.1 Å². The molecule has 5 rings (SSSR count). The van der Waals surface area contributed by atoms with Gasteiger partial charge < -0.3 is 9.80 Å². The zero-order valence-corrected chi connectivity index (χ0v) is 18.3. The van der Waals surface area contributed by atoms with Crippen LogP contribution in [0, 0.1) is 12.3 Å². The number of fused-ring (bicyclic) bond motifs is 5. The van der Waals surface area contributed by atoms with Gasteiger partial charge in [0.05, 0.1) is 5.69 Å². The Morgan fingerprint density at radius 1 is 0.900 bits per heavy atom. The van der Waals surface area contributed by atoms with Crippen LogP contribution in [-0.2, 0) is 5.41 Å². The maximum absolute atomic E-state index is 4.88. The van der Waals surface area contributed by atoms with Crippen LogP contribution < -0.4 is 9.80 Å². The van der Waals surface area contributed by atoms with E-state index in [1.807, 2.05) is 12.3 Å². The highest BCUT2D eigenvalue weighted by Crippen LogP contribution is 2.62. The number of anilines is 4. The Morgan fingerprint density at radius 2 is 1.57 bits per heavy atom. The largest absolute Gasteiger partial charge is 0.316 e. The summed E-state index contributed by atoms with van der Waals surface area (Å²) in [6.45, 7) is 13.5. The second kappa shape index (κ2) is 6.46. The Morgan fingerprint density at radius 3 is 2.30 bits per heavy atom. The van der Waals surface area contributed by atoms with Crippen LogP contribution in [0.1, 0.15) is 38.3 Å². The predicted octanol–water partition coefficient (Wildman–Crippen LogP) is 6.88. The summed E-state index contributed by atoms with van der Waals surface area (Å²) in [5.41, 5.74) is 6.17. The van der Waals surface area contributed by atoms with E-state index in [2.05, 4.69) is 105 Å². The van der Waals surface area contributed by atoms with Crippen LogP contribution in [0.2, 0.25) is 0 Å². The third kappa shape index (κ3) is 2.29. The number of nitrogens with zero attached hydrogens (tertiary/aromatic N) is 3. The molecule has 0 N–H and O–H groups in total. The summed E-state index contributed by atoms with van der Waals surface area (Å²) in [6.07, 6.45) is 5.02. The van der Waals surface area contributed by atoms with E-state index in [0.29, 0.717) is 0 Å². The van der Waals surface area contributed by atoms with Gasteiger partial charge in [-0.1, -0.05) is 63.2 Å². The first-order chi connectivity index (χ1) is 14.4. The van der Waals surface area contributed by atoms with Crippen LogP contribution >= 0.6 is 0 Å². The maximum atomic E-state index is 4.88. The fraction of sp³-hybridized carbons (Fsp3) is 0.296. The molecule has 0 aliphatic carbocycles. The molecule has 3 heterocycles. The van der Waals surface area contributed by atoms with Gasteiger partial charge in [-0.25, -0.2) is 4.98 Å². The minimum Gasteiger partial charge on any atom is -0.316 e. The van der Waals surface area contributed by atoms with Crippen molar-refractivity contribution in [1.29, 1.82) is 0 Å². The van der Waals surface area contributed by atoms with Crippen molar-refractivity contribution >= 4 is 22.9 Å². The van der Waals surface area contributed by atoms with Gasteiger partial charge in [0.25, 0.3) is 0 Å². The summed E-state index contributed by atoms with van der Waals surface area (Å²) in [4.78, 5) is 9.85. The predicted molar refractivity (Wildman–Crippen MR) is 126 cm³/mol. The molecule has 2 aliphatic heterocycles. The van der Waals surface area contributed by atoms with E-state index in [1.54, 1.807) is 0 Å². The summed E-state index contributed by atoms with van der Waals surface area (Å²) in [7, 11) is 0. The van der Waals surface area contributed by atoms with Crippen molar-refractivity contribution in [2.45, 2.75) is 45.7 Å². The number of benzene rings is 2. The highest BCUT2D eigenvalue weighted by atomic mass is 15.5. The molecule has 0 saturated heterocycles. The first-order valence-electron chi connectivity index (χ1n) is 10.7. The molecule has 3 aromatic rings. The van der Waals surface area contributed by atoms with Gasteiger partial charge in [-0.2, -0.15) is 0 Å². The van der Waals surface area contributed by atoms with Crippen LogP contribution in [0.5, 0.6) is 0 Å². The molecule has 2 aliphatic rings. The molecule has 1 aromatic heterocycles. The molecule has 3 heteroatoms. The molecule has 2 atom stereocenters.